The van der Waals surface area contributed by atoms with Gasteiger partial charge in [-0.05, 0) is 60.1 Å². The average Bonchev–Trinajstić information content (AvgIpc) is 2.92. The van der Waals surface area contributed by atoms with Gasteiger partial charge in [-0.15, -0.1) is 0 Å². The smallest absolute Gasteiger partial charge is 0.326 e. The topological polar surface area (TPSA) is 191 Å². The van der Waals surface area contributed by atoms with Gasteiger partial charge in [0.15, 0.2) is 0 Å². The molecule has 2 aromatic rings. The number of rotatable bonds is 15. The van der Waals surface area contributed by atoms with E-state index >= 15 is 0 Å². The third-order valence-electron chi connectivity index (χ3n) is 6.85. The molecule has 2 rings (SSSR count). The highest BCUT2D eigenvalue weighted by Gasteiger charge is 2.32. The number of carboxylic acid groups (broad SMARTS) is 1. The maximum Gasteiger partial charge on any atom is 0.326 e. The molecule has 0 heterocycles. The Morgan fingerprint density at radius 3 is 1.66 bits per heavy atom. The third-order valence-corrected chi connectivity index (χ3v) is 6.85. The minimum atomic E-state index is -1.16. The van der Waals surface area contributed by atoms with E-state index in [0.29, 0.717) is 17.5 Å². The van der Waals surface area contributed by atoms with Gasteiger partial charge in [-0.1, -0.05) is 58.4 Å². The number of carboxylic acids is 1. The van der Waals surface area contributed by atoms with Crippen LogP contribution in [0, 0.1) is 11.8 Å². The van der Waals surface area contributed by atoms with Gasteiger partial charge < -0.3 is 37.0 Å². The van der Waals surface area contributed by atoms with E-state index in [4.69, 9.17) is 5.73 Å². The highest BCUT2D eigenvalue weighted by molar-refractivity contribution is 5.94. The largest absolute Gasteiger partial charge is 0.508 e. The molecule has 41 heavy (non-hydrogen) atoms. The van der Waals surface area contributed by atoms with Crippen LogP contribution in [0.3, 0.4) is 0 Å². The minimum absolute atomic E-state index is 0.0122. The molecule has 0 saturated carbocycles. The van der Waals surface area contributed by atoms with Gasteiger partial charge in [0.25, 0.3) is 0 Å². The molecule has 0 aliphatic rings. The Hall–Kier alpha value is -4.12. The molecular weight excluding hydrogens is 528 g/mol. The summed E-state index contributed by atoms with van der Waals surface area (Å²) in [6.07, 6.45) is 0.975. The minimum Gasteiger partial charge on any atom is -0.508 e. The molecule has 0 fully saturated rings. The Balaban J connectivity index is 2.25. The van der Waals surface area contributed by atoms with Gasteiger partial charge in [0.05, 0.1) is 6.04 Å². The number of nitrogens with one attached hydrogen (secondary N) is 3. The van der Waals surface area contributed by atoms with E-state index < -0.39 is 47.9 Å². The lowest BCUT2D eigenvalue weighted by molar-refractivity contribution is -0.144. The predicted molar refractivity (Wildman–Crippen MR) is 154 cm³/mol. The van der Waals surface area contributed by atoms with Crippen molar-refractivity contribution in [2.45, 2.75) is 77.5 Å². The molecule has 2 aromatic carbocycles. The molecule has 0 saturated heterocycles. The number of carbonyl (C=O) groups excluding carboxylic acids is 3. The number of aromatic hydroxyl groups is 2. The van der Waals surface area contributed by atoms with Crippen LogP contribution in [0.15, 0.2) is 48.5 Å². The van der Waals surface area contributed by atoms with Crippen molar-refractivity contribution in [2.24, 2.45) is 17.6 Å². The molecular formula is C30H42N4O7. The van der Waals surface area contributed by atoms with Gasteiger partial charge in [-0.2, -0.15) is 0 Å². The van der Waals surface area contributed by atoms with Gasteiger partial charge in [-0.25, -0.2) is 4.79 Å². The zero-order valence-electron chi connectivity index (χ0n) is 24.0. The maximum absolute atomic E-state index is 13.5. The van der Waals surface area contributed by atoms with E-state index in [1.807, 2.05) is 20.8 Å². The summed E-state index contributed by atoms with van der Waals surface area (Å²) in [7, 11) is 0. The first-order chi connectivity index (χ1) is 19.3. The zero-order valence-corrected chi connectivity index (χ0v) is 24.0. The third kappa shape index (κ3) is 10.8. The molecule has 0 aliphatic carbocycles. The van der Waals surface area contributed by atoms with Crippen LogP contribution in [-0.4, -0.2) is 63.2 Å². The first-order valence-electron chi connectivity index (χ1n) is 13.8. The monoisotopic (exact) mass is 570 g/mol. The maximum atomic E-state index is 13.5. The van der Waals surface area contributed by atoms with Crippen LogP contribution in [0.2, 0.25) is 0 Å². The van der Waals surface area contributed by atoms with Crippen molar-refractivity contribution in [3.8, 4) is 11.5 Å². The van der Waals surface area contributed by atoms with Gasteiger partial charge in [-0.3, -0.25) is 14.4 Å². The zero-order chi connectivity index (χ0) is 30.7. The fourth-order valence-electron chi connectivity index (χ4n) is 4.25. The number of hydrogen-bond acceptors (Lipinski definition) is 7. The van der Waals surface area contributed by atoms with Gasteiger partial charge in [0.1, 0.15) is 29.6 Å². The highest BCUT2D eigenvalue weighted by Crippen LogP contribution is 2.15. The van der Waals surface area contributed by atoms with Crippen LogP contribution in [-0.2, 0) is 32.0 Å². The second-order valence-electron chi connectivity index (χ2n) is 10.8. The number of benzene rings is 2. The number of aliphatic carboxylic acids is 1. The summed E-state index contributed by atoms with van der Waals surface area (Å²) in [5.41, 5.74) is 7.49. The number of phenolic OH excluding ortho intramolecular Hbond substituents is 2. The van der Waals surface area contributed by atoms with E-state index in [-0.39, 0.29) is 42.6 Å². The number of hydrogen-bond donors (Lipinski definition) is 7. The molecule has 11 heteroatoms. The molecule has 3 amide bonds. The van der Waals surface area contributed by atoms with E-state index in [0.717, 1.165) is 0 Å². The fourth-order valence-corrected chi connectivity index (χ4v) is 4.25. The van der Waals surface area contributed by atoms with Crippen LogP contribution in [0.25, 0.3) is 0 Å². The molecule has 0 spiro atoms. The van der Waals surface area contributed by atoms with Gasteiger partial charge in [0.2, 0.25) is 17.7 Å². The molecule has 11 nitrogen and oxygen atoms in total. The van der Waals surface area contributed by atoms with Crippen LogP contribution in [0.1, 0.15) is 51.7 Å². The summed E-state index contributed by atoms with van der Waals surface area (Å²) in [4.78, 5) is 51.5. The first-order valence-corrected chi connectivity index (χ1v) is 13.8. The van der Waals surface area contributed by atoms with Gasteiger partial charge in [0, 0.05) is 6.42 Å². The van der Waals surface area contributed by atoms with Crippen LogP contribution in [0.4, 0.5) is 0 Å². The SMILES string of the molecule is CCC(C)C(NC(=O)C(CC(C)C)NC(=O)C(Cc1ccc(O)cc1)NC(=O)C(N)Cc1ccc(O)cc1)C(=O)O. The molecule has 0 aromatic heterocycles. The Morgan fingerprint density at radius 1 is 0.732 bits per heavy atom. The second-order valence-corrected chi connectivity index (χ2v) is 10.8. The Kier molecular flexibility index (Phi) is 12.6. The number of nitrogens with two attached hydrogens (primary N) is 1. The Morgan fingerprint density at radius 2 is 1.20 bits per heavy atom. The standard InChI is InChI=1S/C30H42N4O7/c1-5-18(4)26(30(40)41)34-29(39)24(14-17(2)3)33-28(38)25(16-20-8-12-22(36)13-9-20)32-27(37)23(31)15-19-6-10-21(35)11-7-19/h6-13,17-18,23-26,35-36H,5,14-16,31H2,1-4H3,(H,32,37)(H,33,38)(H,34,39)(H,40,41). The lowest BCUT2D eigenvalue weighted by atomic mass is 9.97. The lowest BCUT2D eigenvalue weighted by Gasteiger charge is -2.27. The summed E-state index contributed by atoms with van der Waals surface area (Å²) >= 11 is 0. The second kappa shape index (κ2) is 15.6. The summed E-state index contributed by atoms with van der Waals surface area (Å²) in [5.74, 6) is -3.25. The van der Waals surface area contributed by atoms with Crippen molar-refractivity contribution in [1.82, 2.24) is 16.0 Å². The fraction of sp³-hybridized carbons (Fsp3) is 0.467. The van der Waals surface area contributed by atoms with Crippen LogP contribution >= 0.6 is 0 Å². The van der Waals surface area contributed by atoms with E-state index in [1.54, 1.807) is 31.2 Å². The summed E-state index contributed by atoms with van der Waals surface area (Å²) < 4.78 is 0. The van der Waals surface area contributed by atoms with Crippen LogP contribution in [0.5, 0.6) is 11.5 Å². The summed E-state index contributed by atoms with van der Waals surface area (Å²) in [6.45, 7) is 7.28. The molecule has 5 atom stereocenters. The number of amides is 3. The quantitative estimate of drug-likeness (QED) is 0.169. The average molecular weight is 571 g/mol. The van der Waals surface area contributed by atoms with E-state index in [9.17, 15) is 34.5 Å². The van der Waals surface area contributed by atoms with Crippen molar-refractivity contribution in [3.63, 3.8) is 0 Å². The molecule has 0 bridgehead atoms. The van der Waals surface area contributed by atoms with Crippen molar-refractivity contribution in [3.05, 3.63) is 59.7 Å². The predicted octanol–water partition coefficient (Wildman–Crippen LogP) is 1.84. The van der Waals surface area contributed by atoms with Crippen molar-refractivity contribution >= 4 is 23.7 Å². The van der Waals surface area contributed by atoms with Crippen molar-refractivity contribution in [1.29, 1.82) is 0 Å². The molecule has 8 N–H and O–H groups in total. The van der Waals surface area contributed by atoms with Gasteiger partial charge >= 0.3 is 5.97 Å². The normalized spacial score (nSPS) is 14.8. The summed E-state index contributed by atoms with van der Waals surface area (Å²) in [6, 6.07) is 8.10. The molecule has 224 valence electrons. The Bertz CT molecular complexity index is 1170. The van der Waals surface area contributed by atoms with Crippen molar-refractivity contribution in [2.75, 3.05) is 0 Å². The number of carbonyl (C=O) groups is 4. The van der Waals surface area contributed by atoms with Crippen molar-refractivity contribution < 1.29 is 34.5 Å². The molecule has 0 aliphatic heterocycles. The Labute approximate surface area is 240 Å². The van der Waals surface area contributed by atoms with Crippen LogP contribution < -0.4 is 21.7 Å². The van der Waals surface area contributed by atoms with E-state index in [1.165, 1.54) is 24.3 Å². The summed E-state index contributed by atoms with van der Waals surface area (Å²) in [5, 5.41) is 36.7. The first kappa shape index (κ1) is 33.1. The molecule has 0 radical (unpaired) electrons. The molecule has 5 unspecified atom stereocenters. The highest BCUT2D eigenvalue weighted by atomic mass is 16.4. The van der Waals surface area contributed by atoms with E-state index in [2.05, 4.69) is 16.0 Å². The number of phenols is 2. The lowest BCUT2D eigenvalue weighted by Crippen LogP contribution is -2.58.